The van der Waals surface area contributed by atoms with Crippen molar-refractivity contribution in [3.05, 3.63) is 48.5 Å². The second-order valence-corrected chi connectivity index (χ2v) is 6.71. The van der Waals surface area contributed by atoms with E-state index >= 15 is 0 Å². The zero-order valence-corrected chi connectivity index (χ0v) is 15.4. The summed E-state index contributed by atoms with van der Waals surface area (Å²) in [7, 11) is -4.42. The minimum absolute atomic E-state index is 0.139. The van der Waals surface area contributed by atoms with Crippen molar-refractivity contribution < 1.29 is 17.2 Å². The van der Waals surface area contributed by atoms with Crippen LogP contribution in [0.15, 0.2) is 58.8 Å². The lowest BCUT2D eigenvalue weighted by molar-refractivity contribution is 0.274. The molecule has 0 spiro atoms. The Bertz CT molecular complexity index is 998. The summed E-state index contributed by atoms with van der Waals surface area (Å²) in [4.78, 5) is 9.32. The van der Waals surface area contributed by atoms with E-state index < -0.39 is 10.4 Å². The Hall–Kier alpha value is -2.82. The molecule has 1 heterocycles. The molecule has 0 aliphatic carbocycles. The molecule has 0 aliphatic heterocycles. The summed E-state index contributed by atoms with van der Waals surface area (Å²) in [6, 6.07) is 14.9. The van der Waals surface area contributed by atoms with Crippen LogP contribution >= 0.6 is 0 Å². The maximum atomic E-state index is 10.6. The van der Waals surface area contributed by atoms with E-state index in [1.165, 1.54) is 0 Å². The normalized spacial score (nSPS) is 12.1. The van der Waals surface area contributed by atoms with Gasteiger partial charge in [0, 0.05) is 18.8 Å². The predicted molar refractivity (Wildman–Crippen MR) is 102 cm³/mol. The third-order valence-electron chi connectivity index (χ3n) is 3.83. The van der Waals surface area contributed by atoms with Crippen molar-refractivity contribution in [2.45, 2.75) is 6.92 Å². The van der Waals surface area contributed by atoms with Crippen molar-refractivity contribution in [1.82, 2.24) is 9.97 Å². The fraction of sp³-hybridized carbons (Fsp3) is 0.235. The minimum Gasteiger partial charge on any atom is -0.369 e. The number of azo groups is 1. The highest BCUT2D eigenvalue weighted by Crippen LogP contribution is 2.22. The molecule has 1 aromatic heterocycles. The number of H-pyrrole nitrogens is 1. The standard InChI is InChI=1S/C17H19N5O4S/c1-2-22(11-12-26-27(23,24)25)14-9-7-13(8-10-14)20-21-17-18-15-5-3-4-6-16(15)19-17/h3-10H,2,11-12H2,1H3,(H,18,19)(H,23,24,25)/b21-20+. The van der Waals surface area contributed by atoms with Crippen LogP contribution in [0, 0.1) is 0 Å². The van der Waals surface area contributed by atoms with Gasteiger partial charge in [-0.1, -0.05) is 12.1 Å². The summed E-state index contributed by atoms with van der Waals surface area (Å²) in [5, 5.41) is 8.28. The van der Waals surface area contributed by atoms with Gasteiger partial charge in [-0.15, -0.1) is 10.2 Å². The van der Waals surface area contributed by atoms with Gasteiger partial charge in [-0.3, -0.25) is 4.55 Å². The van der Waals surface area contributed by atoms with Gasteiger partial charge < -0.3 is 9.88 Å². The van der Waals surface area contributed by atoms with Crippen molar-refractivity contribution in [2.24, 2.45) is 10.2 Å². The van der Waals surface area contributed by atoms with Crippen LogP contribution < -0.4 is 4.90 Å². The summed E-state index contributed by atoms with van der Waals surface area (Å²) < 4.78 is 34.2. The Morgan fingerprint density at radius 1 is 1.15 bits per heavy atom. The summed E-state index contributed by atoms with van der Waals surface area (Å²) in [5.74, 6) is 0.429. The Kier molecular flexibility index (Phi) is 5.79. The van der Waals surface area contributed by atoms with Gasteiger partial charge in [-0.25, -0.2) is 9.17 Å². The van der Waals surface area contributed by atoms with Crippen LogP contribution in [0.4, 0.5) is 17.3 Å². The van der Waals surface area contributed by atoms with Gasteiger partial charge >= 0.3 is 10.4 Å². The first-order valence-corrected chi connectivity index (χ1v) is 9.64. The molecule has 0 unspecified atom stereocenters. The molecule has 0 aliphatic rings. The van der Waals surface area contributed by atoms with E-state index in [1.54, 1.807) is 12.1 Å². The number of fused-ring (bicyclic) bond motifs is 1. The Morgan fingerprint density at radius 2 is 1.89 bits per heavy atom. The molecule has 2 aromatic carbocycles. The number of nitrogens with zero attached hydrogens (tertiary/aromatic N) is 4. The van der Waals surface area contributed by atoms with Gasteiger partial charge in [0.1, 0.15) is 0 Å². The van der Waals surface area contributed by atoms with Crippen LogP contribution in [0.2, 0.25) is 0 Å². The molecule has 0 amide bonds. The third-order valence-corrected chi connectivity index (χ3v) is 4.29. The molecule has 0 fully saturated rings. The van der Waals surface area contributed by atoms with Crippen LogP contribution in [0.3, 0.4) is 0 Å². The zero-order chi connectivity index (χ0) is 19.3. The van der Waals surface area contributed by atoms with Crippen molar-refractivity contribution in [3.8, 4) is 0 Å². The number of hydrogen-bond donors (Lipinski definition) is 2. The van der Waals surface area contributed by atoms with Gasteiger partial charge in [-0.2, -0.15) is 8.42 Å². The maximum Gasteiger partial charge on any atom is 0.397 e. The number of aromatic nitrogens is 2. The smallest absolute Gasteiger partial charge is 0.369 e. The van der Waals surface area contributed by atoms with Gasteiger partial charge in [0.15, 0.2) is 0 Å². The van der Waals surface area contributed by atoms with Gasteiger partial charge in [0.25, 0.3) is 0 Å². The lowest BCUT2D eigenvalue weighted by Crippen LogP contribution is -2.27. The summed E-state index contributed by atoms with van der Waals surface area (Å²) in [6.45, 7) is 2.76. The van der Waals surface area contributed by atoms with E-state index in [0.717, 1.165) is 16.7 Å². The Morgan fingerprint density at radius 3 is 2.56 bits per heavy atom. The average molecular weight is 389 g/mol. The van der Waals surface area contributed by atoms with E-state index in [1.807, 2.05) is 48.2 Å². The summed E-state index contributed by atoms with van der Waals surface area (Å²) in [6.07, 6.45) is 0. The molecule has 27 heavy (non-hydrogen) atoms. The molecule has 0 saturated heterocycles. The molecule has 142 valence electrons. The monoisotopic (exact) mass is 389 g/mol. The molecule has 3 rings (SSSR count). The largest absolute Gasteiger partial charge is 0.397 e. The quantitative estimate of drug-likeness (QED) is 0.448. The molecule has 2 N–H and O–H groups in total. The van der Waals surface area contributed by atoms with E-state index in [-0.39, 0.29) is 6.61 Å². The number of anilines is 1. The molecule has 0 saturated carbocycles. The van der Waals surface area contributed by atoms with Crippen LogP contribution in [-0.2, 0) is 14.6 Å². The molecule has 0 atom stereocenters. The third kappa shape index (κ3) is 5.33. The topological polar surface area (TPSA) is 120 Å². The number of imidazole rings is 1. The van der Waals surface area contributed by atoms with E-state index in [4.69, 9.17) is 4.55 Å². The Labute approximate surface area is 156 Å². The van der Waals surface area contributed by atoms with Crippen molar-refractivity contribution in [3.63, 3.8) is 0 Å². The SMILES string of the molecule is CCN(CCOS(=O)(=O)O)c1ccc(/N=N/c2nc3ccccc3[nH]2)cc1. The maximum absolute atomic E-state index is 10.6. The van der Waals surface area contributed by atoms with E-state index in [2.05, 4.69) is 24.4 Å². The molecular weight excluding hydrogens is 370 g/mol. The fourth-order valence-electron chi connectivity index (χ4n) is 2.54. The lowest BCUT2D eigenvalue weighted by Gasteiger charge is -2.22. The van der Waals surface area contributed by atoms with E-state index in [9.17, 15) is 8.42 Å². The van der Waals surface area contributed by atoms with Gasteiger partial charge in [0.05, 0.1) is 23.3 Å². The number of nitrogens with one attached hydrogen (secondary N) is 1. The van der Waals surface area contributed by atoms with Crippen molar-refractivity contribution in [2.75, 3.05) is 24.6 Å². The Balaban J connectivity index is 1.64. The first kappa shape index (κ1) is 19.0. The number of hydrogen-bond acceptors (Lipinski definition) is 7. The van der Waals surface area contributed by atoms with Crippen molar-refractivity contribution >= 4 is 38.8 Å². The molecular formula is C17H19N5O4S. The highest BCUT2D eigenvalue weighted by Gasteiger charge is 2.08. The highest BCUT2D eigenvalue weighted by molar-refractivity contribution is 7.80. The first-order valence-electron chi connectivity index (χ1n) is 8.28. The highest BCUT2D eigenvalue weighted by atomic mass is 32.3. The molecule has 0 radical (unpaired) electrons. The van der Waals surface area contributed by atoms with Crippen LogP contribution in [0.5, 0.6) is 0 Å². The van der Waals surface area contributed by atoms with Crippen LogP contribution in [0.25, 0.3) is 11.0 Å². The number of benzene rings is 2. The summed E-state index contributed by atoms with van der Waals surface area (Å²) >= 11 is 0. The van der Waals surface area contributed by atoms with Crippen LogP contribution in [0.1, 0.15) is 6.92 Å². The van der Waals surface area contributed by atoms with Crippen molar-refractivity contribution in [1.29, 1.82) is 0 Å². The molecule has 0 bridgehead atoms. The fourth-order valence-corrected chi connectivity index (χ4v) is 2.83. The number of para-hydroxylation sites is 2. The lowest BCUT2D eigenvalue weighted by atomic mass is 10.2. The van der Waals surface area contributed by atoms with Gasteiger partial charge in [0.2, 0.25) is 5.95 Å². The minimum atomic E-state index is -4.42. The second-order valence-electron chi connectivity index (χ2n) is 5.62. The van der Waals surface area contributed by atoms with E-state index in [0.29, 0.717) is 24.7 Å². The second kappa shape index (κ2) is 8.25. The first-order chi connectivity index (χ1) is 12.9. The number of rotatable bonds is 8. The molecule has 9 nitrogen and oxygen atoms in total. The predicted octanol–water partition coefficient (Wildman–Crippen LogP) is 3.62. The van der Waals surface area contributed by atoms with Gasteiger partial charge in [-0.05, 0) is 43.3 Å². The number of likely N-dealkylation sites (N-methyl/N-ethyl adjacent to an activating group) is 1. The summed E-state index contributed by atoms with van der Waals surface area (Å²) in [5.41, 5.74) is 3.25. The van der Waals surface area contributed by atoms with Crippen LogP contribution in [-0.4, -0.2) is 42.6 Å². The molecule has 10 heteroatoms. The average Bonchev–Trinajstić information content (AvgIpc) is 3.06. The number of aromatic amines is 1. The zero-order valence-electron chi connectivity index (χ0n) is 14.6. The molecule has 3 aromatic rings.